The van der Waals surface area contributed by atoms with Crippen molar-refractivity contribution in [2.45, 2.75) is 38.6 Å². The van der Waals surface area contributed by atoms with Crippen molar-refractivity contribution in [1.29, 1.82) is 0 Å². The number of carbonyl (C=O) groups excluding carboxylic acids is 1. The van der Waals surface area contributed by atoms with Gasteiger partial charge in [0.25, 0.3) is 5.91 Å². The van der Waals surface area contributed by atoms with Crippen LogP contribution in [0.1, 0.15) is 38.1 Å². The maximum absolute atomic E-state index is 13.6. The predicted molar refractivity (Wildman–Crippen MR) is 72.5 cm³/mol. The molecule has 0 aromatic heterocycles. The van der Waals surface area contributed by atoms with E-state index in [9.17, 15) is 9.18 Å². The van der Waals surface area contributed by atoms with E-state index in [1.54, 1.807) is 0 Å². The average Bonchev–Trinajstić information content (AvgIpc) is 2.64. The number of halogens is 1. The fourth-order valence-electron chi connectivity index (χ4n) is 2.45. The van der Waals surface area contributed by atoms with Gasteiger partial charge in [0.15, 0.2) is 0 Å². The second-order valence-corrected chi connectivity index (χ2v) is 6.53. The van der Waals surface area contributed by atoms with Gasteiger partial charge in [-0.25, -0.2) is 4.39 Å². The summed E-state index contributed by atoms with van der Waals surface area (Å²) in [6, 6.07) is 4.32. The van der Waals surface area contributed by atoms with E-state index in [0.29, 0.717) is 4.90 Å². The van der Waals surface area contributed by atoms with Crippen LogP contribution in [0.15, 0.2) is 23.1 Å². The van der Waals surface area contributed by atoms with E-state index in [-0.39, 0.29) is 28.3 Å². The molecule has 1 N–H and O–H groups in total. The standard InChI is InChI=1S/C14H18FNOS/c1-13(2)12(14(13,3)4)16-11(17)9-7-8(18)5-6-10(9)15/h5-7,12,18H,1-4H3,(H,16,17). The van der Waals surface area contributed by atoms with Gasteiger partial charge in [-0.3, -0.25) is 4.79 Å². The Hall–Kier alpha value is -1.03. The van der Waals surface area contributed by atoms with E-state index in [1.807, 2.05) is 0 Å². The minimum atomic E-state index is -0.512. The fraction of sp³-hybridized carbons (Fsp3) is 0.500. The summed E-state index contributed by atoms with van der Waals surface area (Å²) in [5.74, 6) is -0.881. The highest BCUT2D eigenvalue weighted by Gasteiger charge is 2.65. The summed E-state index contributed by atoms with van der Waals surface area (Å²) in [6.07, 6.45) is 0. The Labute approximate surface area is 112 Å². The van der Waals surface area contributed by atoms with Gasteiger partial charge in [-0.15, -0.1) is 12.6 Å². The summed E-state index contributed by atoms with van der Waals surface area (Å²) in [6.45, 7) is 8.40. The molecule has 0 radical (unpaired) electrons. The third kappa shape index (κ3) is 1.92. The van der Waals surface area contributed by atoms with Crippen molar-refractivity contribution in [2.75, 3.05) is 0 Å². The Morgan fingerprint density at radius 1 is 1.28 bits per heavy atom. The van der Waals surface area contributed by atoms with Gasteiger partial charge < -0.3 is 5.32 Å². The zero-order valence-corrected chi connectivity index (χ0v) is 11.9. The van der Waals surface area contributed by atoms with Crippen LogP contribution in [-0.4, -0.2) is 11.9 Å². The first-order valence-corrected chi connectivity index (χ1v) is 6.42. The molecule has 0 spiro atoms. The lowest BCUT2D eigenvalue weighted by Gasteiger charge is -2.08. The lowest BCUT2D eigenvalue weighted by Crippen LogP contribution is -2.30. The zero-order valence-electron chi connectivity index (χ0n) is 11.0. The SMILES string of the molecule is CC1(C)C(NC(=O)c2cc(S)ccc2F)C1(C)C. The van der Waals surface area contributed by atoms with Crippen LogP contribution in [0.4, 0.5) is 4.39 Å². The van der Waals surface area contributed by atoms with Crippen LogP contribution < -0.4 is 5.32 Å². The Kier molecular flexibility index (Phi) is 2.97. The maximum Gasteiger partial charge on any atom is 0.254 e. The molecule has 98 valence electrons. The second kappa shape index (κ2) is 3.98. The van der Waals surface area contributed by atoms with Gasteiger partial charge >= 0.3 is 0 Å². The molecule has 0 heterocycles. The van der Waals surface area contributed by atoms with Crippen molar-refractivity contribution in [1.82, 2.24) is 5.32 Å². The first kappa shape index (κ1) is 13.4. The lowest BCUT2D eigenvalue weighted by atomic mass is 10.0. The first-order chi connectivity index (χ1) is 8.18. The van der Waals surface area contributed by atoms with Crippen molar-refractivity contribution >= 4 is 18.5 Å². The quantitative estimate of drug-likeness (QED) is 0.791. The Morgan fingerprint density at radius 2 is 1.83 bits per heavy atom. The van der Waals surface area contributed by atoms with Crippen LogP contribution in [-0.2, 0) is 0 Å². The number of hydrogen-bond acceptors (Lipinski definition) is 2. The number of rotatable bonds is 2. The molecule has 0 unspecified atom stereocenters. The van der Waals surface area contributed by atoms with Gasteiger partial charge in [0.05, 0.1) is 5.56 Å². The molecule has 1 aromatic carbocycles. The zero-order chi connectivity index (χ0) is 13.7. The third-order valence-corrected chi connectivity index (χ3v) is 4.77. The van der Waals surface area contributed by atoms with E-state index in [4.69, 9.17) is 0 Å². The molecule has 0 aliphatic heterocycles. The highest BCUT2D eigenvalue weighted by molar-refractivity contribution is 7.80. The van der Waals surface area contributed by atoms with Gasteiger partial charge in [0, 0.05) is 10.9 Å². The van der Waals surface area contributed by atoms with E-state index >= 15 is 0 Å². The molecular formula is C14H18FNOS. The molecule has 1 aromatic rings. The molecule has 4 heteroatoms. The van der Waals surface area contributed by atoms with E-state index in [1.165, 1.54) is 18.2 Å². The molecule has 1 aliphatic carbocycles. The summed E-state index contributed by atoms with van der Waals surface area (Å²) < 4.78 is 13.6. The van der Waals surface area contributed by atoms with E-state index in [2.05, 4.69) is 45.6 Å². The van der Waals surface area contributed by atoms with Gasteiger partial charge in [-0.1, -0.05) is 27.7 Å². The lowest BCUT2D eigenvalue weighted by molar-refractivity contribution is 0.0939. The number of benzene rings is 1. The summed E-state index contributed by atoms with van der Waals surface area (Å²) in [5.41, 5.74) is 0.135. The number of nitrogens with one attached hydrogen (secondary N) is 1. The molecule has 0 bridgehead atoms. The summed E-state index contributed by atoms with van der Waals surface area (Å²) >= 11 is 4.12. The van der Waals surface area contributed by atoms with Crippen LogP contribution in [0.2, 0.25) is 0 Å². The summed E-state index contributed by atoms with van der Waals surface area (Å²) in [5, 5.41) is 2.91. The molecule has 18 heavy (non-hydrogen) atoms. The van der Waals surface area contributed by atoms with Gasteiger partial charge in [0.1, 0.15) is 5.82 Å². The predicted octanol–water partition coefficient (Wildman–Crippen LogP) is 3.28. The third-order valence-electron chi connectivity index (χ3n) is 4.49. The van der Waals surface area contributed by atoms with Crippen molar-refractivity contribution in [2.24, 2.45) is 10.8 Å². The molecule has 1 aliphatic rings. The molecule has 2 rings (SSSR count). The van der Waals surface area contributed by atoms with Crippen LogP contribution in [0.25, 0.3) is 0 Å². The van der Waals surface area contributed by atoms with Crippen LogP contribution in [0, 0.1) is 16.6 Å². The number of amides is 1. The monoisotopic (exact) mass is 267 g/mol. The minimum absolute atomic E-state index is 0.0394. The topological polar surface area (TPSA) is 29.1 Å². The normalized spacial score (nSPS) is 20.6. The molecule has 1 fully saturated rings. The maximum atomic E-state index is 13.6. The molecular weight excluding hydrogens is 249 g/mol. The average molecular weight is 267 g/mol. The van der Waals surface area contributed by atoms with Crippen LogP contribution >= 0.6 is 12.6 Å². The largest absolute Gasteiger partial charge is 0.348 e. The highest BCUT2D eigenvalue weighted by atomic mass is 32.1. The fourth-order valence-corrected chi connectivity index (χ4v) is 2.66. The Morgan fingerprint density at radius 3 is 2.33 bits per heavy atom. The summed E-state index contributed by atoms with van der Waals surface area (Å²) in [7, 11) is 0. The van der Waals surface area contributed by atoms with Gasteiger partial charge in [0.2, 0.25) is 0 Å². The smallest absolute Gasteiger partial charge is 0.254 e. The second-order valence-electron chi connectivity index (χ2n) is 6.01. The van der Waals surface area contributed by atoms with Crippen LogP contribution in [0.5, 0.6) is 0 Å². The highest BCUT2D eigenvalue weighted by Crippen LogP contribution is 2.62. The minimum Gasteiger partial charge on any atom is -0.348 e. The van der Waals surface area contributed by atoms with Gasteiger partial charge in [-0.2, -0.15) is 0 Å². The Bertz CT molecular complexity index is 497. The van der Waals surface area contributed by atoms with Crippen molar-refractivity contribution in [3.63, 3.8) is 0 Å². The molecule has 1 saturated carbocycles. The van der Waals surface area contributed by atoms with Crippen molar-refractivity contribution in [3.05, 3.63) is 29.6 Å². The first-order valence-electron chi connectivity index (χ1n) is 5.97. The molecule has 2 nitrogen and oxygen atoms in total. The van der Waals surface area contributed by atoms with Gasteiger partial charge in [-0.05, 0) is 29.0 Å². The molecule has 0 atom stereocenters. The summed E-state index contributed by atoms with van der Waals surface area (Å²) in [4.78, 5) is 12.6. The molecule has 1 amide bonds. The Balaban J connectivity index is 2.17. The number of thiol groups is 1. The number of hydrogen-bond donors (Lipinski definition) is 2. The number of carbonyl (C=O) groups is 1. The van der Waals surface area contributed by atoms with E-state index in [0.717, 1.165) is 0 Å². The van der Waals surface area contributed by atoms with Crippen LogP contribution in [0.3, 0.4) is 0 Å². The van der Waals surface area contributed by atoms with Crippen molar-refractivity contribution < 1.29 is 9.18 Å². The van der Waals surface area contributed by atoms with E-state index < -0.39 is 5.82 Å². The molecule has 0 saturated heterocycles. The van der Waals surface area contributed by atoms with Crippen molar-refractivity contribution in [3.8, 4) is 0 Å².